The molecule has 0 N–H and O–H groups in total. The van der Waals surface area contributed by atoms with E-state index in [9.17, 15) is 0 Å². The molecule has 0 amide bonds. The van der Waals surface area contributed by atoms with Gasteiger partial charge in [-0.25, -0.2) is 0 Å². The van der Waals surface area contributed by atoms with Crippen LogP contribution in [0.25, 0.3) is 0 Å². The van der Waals surface area contributed by atoms with Crippen LogP contribution in [0.4, 0.5) is 0 Å². The predicted octanol–water partition coefficient (Wildman–Crippen LogP) is 3.65. The normalized spacial score (nSPS) is 13.4. The molecular weight excluding hydrogens is 307 g/mol. The highest BCUT2D eigenvalue weighted by molar-refractivity contribution is 6.98. The van der Waals surface area contributed by atoms with E-state index >= 15 is 0 Å². The molecule has 0 aliphatic carbocycles. The average Bonchev–Trinajstić information content (AvgIpc) is 2.55. The first-order valence-corrected chi connectivity index (χ1v) is 8.73. The fourth-order valence-electron chi connectivity index (χ4n) is 4.00. The van der Waals surface area contributed by atoms with Crippen molar-refractivity contribution in [3.63, 3.8) is 0 Å². The van der Waals surface area contributed by atoms with Gasteiger partial charge in [0.2, 0.25) is 0 Å². The summed E-state index contributed by atoms with van der Waals surface area (Å²) in [4.78, 5) is 0. The Morgan fingerprint density at radius 2 is 1.20 bits per heavy atom. The summed E-state index contributed by atoms with van der Waals surface area (Å²) in [6, 6.07) is 15.2. The number of fused-ring (bicyclic) bond motifs is 4. The fraction of sp³-hybridized carbons (Fsp3) is 0.182. The molecule has 122 valence electrons. The van der Waals surface area contributed by atoms with Gasteiger partial charge in [-0.2, -0.15) is 0 Å². The molecule has 3 aromatic carbocycles. The lowest BCUT2D eigenvalue weighted by Gasteiger charge is -2.33. The Labute approximate surface area is 148 Å². The number of rotatable bonds is 0. The first-order valence-electron chi connectivity index (χ1n) is 8.73. The first-order chi connectivity index (χ1) is 12.0. The Hall–Kier alpha value is -2.68. The lowest BCUT2D eigenvalue weighted by molar-refractivity contribution is 0.463. The molecule has 25 heavy (non-hydrogen) atoms. The van der Waals surface area contributed by atoms with Gasteiger partial charge < -0.3 is 9.47 Å². The van der Waals surface area contributed by atoms with Crippen LogP contribution >= 0.6 is 0 Å². The maximum atomic E-state index is 6.30. The van der Waals surface area contributed by atoms with Crippen molar-refractivity contribution in [1.82, 2.24) is 0 Å². The topological polar surface area (TPSA) is 18.5 Å². The smallest absolute Gasteiger partial charge is 0.260 e. The van der Waals surface area contributed by atoms with Crippen LogP contribution in [-0.4, -0.2) is 6.71 Å². The third-order valence-corrected chi connectivity index (χ3v) is 5.39. The number of hydrogen-bond donors (Lipinski definition) is 0. The Balaban J connectivity index is 1.86. The molecule has 3 aromatic rings. The van der Waals surface area contributed by atoms with Gasteiger partial charge in [-0.05, 0) is 85.1 Å². The quantitative estimate of drug-likeness (QED) is 0.405. The molecule has 0 fully saturated rings. The summed E-state index contributed by atoms with van der Waals surface area (Å²) in [6.45, 7) is 8.65. The zero-order chi connectivity index (χ0) is 17.3. The van der Waals surface area contributed by atoms with Crippen molar-refractivity contribution >= 4 is 23.1 Å². The van der Waals surface area contributed by atoms with E-state index in [1.165, 1.54) is 27.6 Å². The molecule has 0 spiro atoms. The van der Waals surface area contributed by atoms with Crippen LogP contribution in [0.3, 0.4) is 0 Å². The minimum atomic E-state index is 0.165. The third-order valence-electron chi connectivity index (χ3n) is 5.39. The Kier molecular flexibility index (Phi) is 2.88. The third kappa shape index (κ3) is 2.05. The zero-order valence-corrected chi connectivity index (χ0v) is 14.9. The van der Waals surface area contributed by atoms with Gasteiger partial charge in [0.05, 0.1) is 0 Å². The Bertz CT molecular complexity index is 1040. The predicted molar refractivity (Wildman–Crippen MR) is 103 cm³/mol. The van der Waals surface area contributed by atoms with Crippen LogP contribution < -0.4 is 25.9 Å². The minimum absolute atomic E-state index is 0.165. The summed E-state index contributed by atoms with van der Waals surface area (Å²) in [5.74, 6) is 3.76. The van der Waals surface area contributed by atoms with Crippen LogP contribution in [0, 0.1) is 27.7 Å². The van der Waals surface area contributed by atoms with Gasteiger partial charge in [-0.1, -0.05) is 18.2 Å². The fourth-order valence-corrected chi connectivity index (χ4v) is 4.00. The number of aryl methyl sites for hydroxylation is 4. The first kappa shape index (κ1) is 14.6. The lowest BCUT2D eigenvalue weighted by Crippen LogP contribution is -2.57. The highest BCUT2D eigenvalue weighted by atomic mass is 16.5. The van der Waals surface area contributed by atoms with Crippen LogP contribution in [0.15, 0.2) is 42.5 Å². The molecule has 0 saturated heterocycles. The molecule has 2 nitrogen and oxygen atoms in total. The largest absolute Gasteiger partial charge is 0.458 e. The van der Waals surface area contributed by atoms with E-state index in [4.69, 9.17) is 9.47 Å². The summed E-state index contributed by atoms with van der Waals surface area (Å²) >= 11 is 0. The van der Waals surface area contributed by atoms with Gasteiger partial charge in [0.15, 0.2) is 0 Å². The van der Waals surface area contributed by atoms with Gasteiger partial charge >= 0.3 is 0 Å². The van der Waals surface area contributed by atoms with Crippen molar-refractivity contribution in [3.8, 4) is 23.0 Å². The van der Waals surface area contributed by atoms with Crippen molar-refractivity contribution < 1.29 is 9.47 Å². The summed E-state index contributed by atoms with van der Waals surface area (Å²) in [7, 11) is 0. The van der Waals surface area contributed by atoms with Gasteiger partial charge in [-0.15, -0.1) is 0 Å². The standard InChI is InChI=1S/C22H19BO2/c1-12-5-6-16-18(7-12)24-20-8-13(2)9-21-22(20)23(16)17-10-14(3)15(4)11-19(17)25-21/h5-11H,1-4H3. The van der Waals surface area contributed by atoms with Crippen LogP contribution in [-0.2, 0) is 0 Å². The van der Waals surface area contributed by atoms with Crippen molar-refractivity contribution in [2.24, 2.45) is 0 Å². The molecule has 2 heterocycles. The highest BCUT2D eigenvalue weighted by Gasteiger charge is 2.40. The van der Waals surface area contributed by atoms with Gasteiger partial charge in [-0.3, -0.25) is 0 Å². The van der Waals surface area contributed by atoms with E-state index < -0.39 is 0 Å². The SMILES string of the molecule is Cc1ccc2c(c1)Oc1cc(C)cc3c1B2c1cc(C)c(C)cc1O3. The molecule has 0 atom stereocenters. The maximum Gasteiger partial charge on any atom is 0.260 e. The highest BCUT2D eigenvalue weighted by Crippen LogP contribution is 2.36. The minimum Gasteiger partial charge on any atom is -0.458 e. The monoisotopic (exact) mass is 326 g/mol. The molecule has 0 radical (unpaired) electrons. The number of benzene rings is 3. The van der Waals surface area contributed by atoms with Crippen LogP contribution in [0.5, 0.6) is 23.0 Å². The molecule has 3 heteroatoms. The molecule has 2 aliphatic heterocycles. The van der Waals surface area contributed by atoms with Crippen molar-refractivity contribution in [2.75, 3.05) is 0 Å². The second-order valence-electron chi connectivity index (χ2n) is 7.33. The van der Waals surface area contributed by atoms with E-state index in [1.807, 2.05) is 0 Å². The molecule has 0 saturated carbocycles. The molecule has 0 aromatic heterocycles. The van der Waals surface area contributed by atoms with Crippen LogP contribution in [0.1, 0.15) is 22.3 Å². The van der Waals surface area contributed by atoms with Gasteiger partial charge in [0.1, 0.15) is 23.0 Å². The van der Waals surface area contributed by atoms with Gasteiger partial charge in [0.25, 0.3) is 6.71 Å². The summed E-state index contributed by atoms with van der Waals surface area (Å²) in [6.07, 6.45) is 0. The zero-order valence-electron chi connectivity index (χ0n) is 14.9. The van der Waals surface area contributed by atoms with Crippen molar-refractivity contribution in [1.29, 1.82) is 0 Å². The molecule has 0 bridgehead atoms. The lowest BCUT2D eigenvalue weighted by atomic mass is 9.34. The maximum absolute atomic E-state index is 6.30. The molecular formula is C22H19BO2. The molecule has 5 rings (SSSR count). The van der Waals surface area contributed by atoms with E-state index in [0.29, 0.717) is 0 Å². The molecule has 2 aliphatic rings. The van der Waals surface area contributed by atoms with E-state index in [0.717, 1.165) is 34.0 Å². The summed E-state index contributed by atoms with van der Waals surface area (Å²) in [5, 5.41) is 0. The van der Waals surface area contributed by atoms with E-state index in [2.05, 4.69) is 70.2 Å². The average molecular weight is 326 g/mol. The Morgan fingerprint density at radius 1 is 0.600 bits per heavy atom. The van der Waals surface area contributed by atoms with E-state index in [1.54, 1.807) is 0 Å². The summed E-state index contributed by atoms with van der Waals surface area (Å²) in [5.41, 5.74) is 8.51. The van der Waals surface area contributed by atoms with E-state index in [-0.39, 0.29) is 6.71 Å². The van der Waals surface area contributed by atoms with Crippen molar-refractivity contribution in [3.05, 3.63) is 64.7 Å². The second-order valence-corrected chi connectivity index (χ2v) is 7.33. The summed E-state index contributed by atoms with van der Waals surface area (Å²) < 4.78 is 12.6. The van der Waals surface area contributed by atoms with Crippen LogP contribution in [0.2, 0.25) is 0 Å². The number of hydrogen-bond acceptors (Lipinski definition) is 2. The Morgan fingerprint density at radius 3 is 1.92 bits per heavy atom. The van der Waals surface area contributed by atoms with Gasteiger partial charge in [0, 0.05) is 5.46 Å². The second kappa shape index (κ2) is 4.92. The van der Waals surface area contributed by atoms with Crippen molar-refractivity contribution in [2.45, 2.75) is 27.7 Å². The number of ether oxygens (including phenoxy) is 2. The molecule has 0 unspecified atom stereocenters.